The highest BCUT2D eigenvalue weighted by Gasteiger charge is 2.20. The number of rotatable bonds is 7. The number of nitrogens with zero attached hydrogens (tertiary/aromatic N) is 2. The van der Waals surface area contributed by atoms with Crippen molar-refractivity contribution in [3.63, 3.8) is 0 Å². The molecular weight excluding hydrogens is 242 g/mol. The van der Waals surface area contributed by atoms with E-state index < -0.39 is 0 Å². The molecule has 1 saturated carbocycles. The maximum Gasteiger partial charge on any atom is 0.157 e. The number of nitrogens with one attached hydrogen (secondary N) is 1. The lowest BCUT2D eigenvalue weighted by Crippen LogP contribution is -2.14. The number of aromatic nitrogens is 2. The highest BCUT2D eigenvalue weighted by Crippen LogP contribution is 2.20. The van der Waals surface area contributed by atoms with Crippen LogP contribution >= 0.6 is 0 Å². The van der Waals surface area contributed by atoms with Gasteiger partial charge in [0.15, 0.2) is 5.75 Å². The summed E-state index contributed by atoms with van der Waals surface area (Å²) in [5.74, 6) is 2.59. The minimum Gasteiger partial charge on any atom is -0.482 e. The summed E-state index contributed by atoms with van der Waals surface area (Å²) in [5.41, 5.74) is 0. The van der Waals surface area contributed by atoms with Gasteiger partial charge in [-0.05, 0) is 31.9 Å². The molecule has 0 amide bonds. The zero-order chi connectivity index (χ0) is 13.1. The van der Waals surface area contributed by atoms with Crippen LogP contribution in [-0.4, -0.2) is 15.8 Å². The molecular formula is C14H19N3O2. The summed E-state index contributed by atoms with van der Waals surface area (Å²) in [6, 6.07) is 4.67. The van der Waals surface area contributed by atoms with Crippen LogP contribution in [0.4, 0.5) is 0 Å². The van der Waals surface area contributed by atoms with Crippen LogP contribution in [0.3, 0.4) is 0 Å². The summed E-state index contributed by atoms with van der Waals surface area (Å²) in [4.78, 5) is 0. The van der Waals surface area contributed by atoms with Gasteiger partial charge in [0.1, 0.15) is 18.1 Å². The Bertz CT molecular complexity index is 528. The SMILES string of the molecule is CCn1cc(OCc2ccc(CNC3CC3)o2)cn1. The third-order valence-corrected chi connectivity index (χ3v) is 3.17. The minimum absolute atomic E-state index is 0.443. The molecule has 0 saturated heterocycles. The lowest BCUT2D eigenvalue weighted by atomic mass is 10.4. The first kappa shape index (κ1) is 12.3. The Morgan fingerprint density at radius 2 is 2.26 bits per heavy atom. The number of aryl methyl sites for hydroxylation is 1. The van der Waals surface area contributed by atoms with Crippen LogP contribution < -0.4 is 10.1 Å². The molecule has 1 aliphatic carbocycles. The third-order valence-electron chi connectivity index (χ3n) is 3.17. The highest BCUT2D eigenvalue weighted by atomic mass is 16.5. The molecule has 1 N–H and O–H groups in total. The Balaban J connectivity index is 1.48. The molecule has 0 unspecified atom stereocenters. The first-order chi connectivity index (χ1) is 9.33. The second kappa shape index (κ2) is 5.48. The van der Waals surface area contributed by atoms with Crippen molar-refractivity contribution in [2.75, 3.05) is 0 Å². The van der Waals surface area contributed by atoms with Crippen molar-refractivity contribution in [3.05, 3.63) is 36.0 Å². The van der Waals surface area contributed by atoms with Gasteiger partial charge in [0.05, 0.1) is 18.9 Å². The van der Waals surface area contributed by atoms with E-state index in [2.05, 4.69) is 10.4 Å². The van der Waals surface area contributed by atoms with Gasteiger partial charge in [0.2, 0.25) is 0 Å². The standard InChI is InChI=1S/C14H19N3O2/c1-2-17-9-14(8-16-17)18-10-13-6-5-12(19-13)7-15-11-3-4-11/h5-6,8-9,11,15H,2-4,7,10H2,1H3. The Labute approximate surface area is 112 Å². The van der Waals surface area contributed by atoms with Crippen molar-refractivity contribution in [2.45, 2.75) is 45.5 Å². The molecule has 5 nitrogen and oxygen atoms in total. The Morgan fingerprint density at radius 3 is 3.00 bits per heavy atom. The van der Waals surface area contributed by atoms with Crippen molar-refractivity contribution in [3.8, 4) is 5.75 Å². The van der Waals surface area contributed by atoms with Gasteiger partial charge >= 0.3 is 0 Å². The molecule has 2 aromatic rings. The van der Waals surface area contributed by atoms with Crippen LogP contribution in [0.2, 0.25) is 0 Å². The van der Waals surface area contributed by atoms with E-state index >= 15 is 0 Å². The maximum absolute atomic E-state index is 5.70. The van der Waals surface area contributed by atoms with Crippen molar-refractivity contribution in [1.29, 1.82) is 0 Å². The van der Waals surface area contributed by atoms with E-state index in [1.54, 1.807) is 6.20 Å². The fourth-order valence-corrected chi connectivity index (χ4v) is 1.87. The monoisotopic (exact) mass is 261 g/mol. The molecule has 5 heteroatoms. The van der Waals surface area contributed by atoms with Crippen molar-refractivity contribution >= 4 is 0 Å². The second-order valence-electron chi connectivity index (χ2n) is 4.84. The molecule has 19 heavy (non-hydrogen) atoms. The van der Waals surface area contributed by atoms with Crippen molar-refractivity contribution < 1.29 is 9.15 Å². The number of furan rings is 1. The zero-order valence-electron chi connectivity index (χ0n) is 11.1. The predicted octanol–water partition coefficient (Wildman–Crippen LogP) is 2.33. The Morgan fingerprint density at radius 1 is 1.42 bits per heavy atom. The summed E-state index contributed by atoms with van der Waals surface area (Å²) in [6.07, 6.45) is 6.19. The average Bonchev–Trinajstić information content (AvgIpc) is 2.97. The maximum atomic E-state index is 5.70. The van der Waals surface area contributed by atoms with E-state index in [0.717, 1.165) is 30.4 Å². The number of ether oxygens (including phenoxy) is 1. The molecule has 0 spiro atoms. The Hall–Kier alpha value is -1.75. The summed E-state index contributed by atoms with van der Waals surface area (Å²) in [7, 11) is 0. The van der Waals surface area contributed by atoms with Gasteiger partial charge in [-0.3, -0.25) is 4.68 Å². The molecule has 102 valence electrons. The summed E-state index contributed by atoms with van der Waals surface area (Å²) in [6.45, 7) is 4.14. The van der Waals surface area contributed by atoms with Crippen molar-refractivity contribution in [2.24, 2.45) is 0 Å². The molecule has 0 aromatic carbocycles. The molecule has 0 atom stereocenters. The van der Waals surface area contributed by atoms with Crippen LogP contribution in [0.25, 0.3) is 0 Å². The second-order valence-corrected chi connectivity index (χ2v) is 4.84. The first-order valence-corrected chi connectivity index (χ1v) is 6.79. The quantitative estimate of drug-likeness (QED) is 0.831. The zero-order valence-corrected chi connectivity index (χ0v) is 11.1. The van der Waals surface area contributed by atoms with E-state index in [0.29, 0.717) is 12.6 Å². The average molecular weight is 261 g/mol. The molecule has 0 aliphatic heterocycles. The summed E-state index contributed by atoms with van der Waals surface area (Å²) in [5, 5.41) is 7.58. The number of hydrogen-bond acceptors (Lipinski definition) is 4. The van der Waals surface area contributed by atoms with Gasteiger partial charge in [-0.25, -0.2) is 0 Å². The van der Waals surface area contributed by atoms with E-state index in [9.17, 15) is 0 Å². The van der Waals surface area contributed by atoms with Crippen LogP contribution in [0.5, 0.6) is 5.75 Å². The molecule has 1 fully saturated rings. The lowest BCUT2D eigenvalue weighted by molar-refractivity contribution is 0.264. The van der Waals surface area contributed by atoms with Crippen LogP contribution in [0.1, 0.15) is 31.3 Å². The first-order valence-electron chi connectivity index (χ1n) is 6.79. The fraction of sp³-hybridized carbons (Fsp3) is 0.500. The third kappa shape index (κ3) is 3.38. The van der Waals surface area contributed by atoms with Crippen LogP contribution in [-0.2, 0) is 19.7 Å². The molecule has 2 heterocycles. The molecule has 1 aliphatic rings. The predicted molar refractivity (Wildman–Crippen MR) is 70.8 cm³/mol. The van der Waals surface area contributed by atoms with E-state index in [1.807, 2.05) is 29.9 Å². The Kier molecular flexibility index (Phi) is 3.55. The van der Waals surface area contributed by atoms with Crippen LogP contribution in [0.15, 0.2) is 28.9 Å². The molecule has 0 bridgehead atoms. The largest absolute Gasteiger partial charge is 0.482 e. The van der Waals surface area contributed by atoms with Gasteiger partial charge in [-0.2, -0.15) is 5.10 Å². The fourth-order valence-electron chi connectivity index (χ4n) is 1.87. The van der Waals surface area contributed by atoms with Gasteiger partial charge < -0.3 is 14.5 Å². The van der Waals surface area contributed by atoms with Gasteiger partial charge in [-0.15, -0.1) is 0 Å². The smallest absolute Gasteiger partial charge is 0.157 e. The highest BCUT2D eigenvalue weighted by molar-refractivity contribution is 5.13. The molecule has 3 rings (SSSR count). The van der Waals surface area contributed by atoms with Gasteiger partial charge in [0.25, 0.3) is 0 Å². The van der Waals surface area contributed by atoms with E-state index in [1.165, 1.54) is 12.8 Å². The normalized spacial score (nSPS) is 14.8. The summed E-state index contributed by atoms with van der Waals surface area (Å²) < 4.78 is 13.2. The van der Waals surface area contributed by atoms with Gasteiger partial charge in [0, 0.05) is 12.6 Å². The van der Waals surface area contributed by atoms with E-state index in [4.69, 9.17) is 9.15 Å². The lowest BCUT2D eigenvalue weighted by Gasteiger charge is -2.01. The topological polar surface area (TPSA) is 52.2 Å². The minimum atomic E-state index is 0.443. The van der Waals surface area contributed by atoms with Crippen molar-refractivity contribution in [1.82, 2.24) is 15.1 Å². The molecule has 0 radical (unpaired) electrons. The summed E-state index contributed by atoms with van der Waals surface area (Å²) >= 11 is 0. The van der Waals surface area contributed by atoms with Gasteiger partial charge in [-0.1, -0.05) is 0 Å². The molecule has 2 aromatic heterocycles. The number of hydrogen-bond donors (Lipinski definition) is 1. The van der Waals surface area contributed by atoms with E-state index in [-0.39, 0.29) is 0 Å². The van der Waals surface area contributed by atoms with Crippen LogP contribution in [0, 0.1) is 0 Å².